The van der Waals surface area contributed by atoms with Gasteiger partial charge in [0, 0.05) is 16.1 Å². The number of hydrogen-bond donors (Lipinski definition) is 1. The second-order valence-electron chi connectivity index (χ2n) is 2.82. The number of carbonyl (C=O) groups is 1. The molecule has 1 unspecified atom stereocenters. The third kappa shape index (κ3) is 2.29. The molecule has 0 fully saturated rings. The van der Waals surface area contributed by atoms with Crippen molar-refractivity contribution in [3.8, 4) is 0 Å². The Morgan fingerprint density at radius 2 is 2.23 bits per heavy atom. The van der Waals surface area contributed by atoms with Gasteiger partial charge in [0.15, 0.2) is 0 Å². The highest BCUT2D eigenvalue weighted by atomic mass is 79.9. The van der Waals surface area contributed by atoms with Crippen molar-refractivity contribution in [1.82, 2.24) is 0 Å². The Labute approximate surface area is 84.7 Å². The first kappa shape index (κ1) is 10.2. The molecule has 1 atom stereocenters. The van der Waals surface area contributed by atoms with E-state index in [4.69, 9.17) is 5.73 Å². The first-order valence-electron chi connectivity index (χ1n) is 3.78. The molecule has 70 valence electrons. The van der Waals surface area contributed by atoms with Crippen LogP contribution in [0, 0.1) is 0 Å². The lowest BCUT2D eigenvalue weighted by atomic mass is 10.1. The predicted octanol–water partition coefficient (Wildman–Crippen LogP) is 0.832. The molecule has 0 amide bonds. The molecular formula is C9H9BrNO2-. The molecule has 0 spiro atoms. The topological polar surface area (TPSA) is 66.2 Å². The van der Waals surface area contributed by atoms with Crippen LogP contribution in [0.25, 0.3) is 0 Å². The molecule has 0 aliphatic carbocycles. The number of carboxylic acid groups (broad SMARTS) is 1. The predicted molar refractivity (Wildman–Crippen MR) is 51.1 cm³/mol. The molecule has 13 heavy (non-hydrogen) atoms. The maximum absolute atomic E-state index is 10.5. The molecule has 4 heteroatoms. The lowest BCUT2D eigenvalue weighted by molar-refractivity contribution is -0.255. The van der Waals surface area contributed by atoms with E-state index in [0.717, 1.165) is 5.56 Å². The monoisotopic (exact) mass is 242 g/mol. The van der Waals surface area contributed by atoms with Crippen molar-refractivity contribution in [1.29, 1.82) is 0 Å². The Balaban J connectivity index is 3.13. The molecule has 3 nitrogen and oxygen atoms in total. The Kier molecular flexibility index (Phi) is 3.06. The van der Waals surface area contributed by atoms with Crippen molar-refractivity contribution in [2.45, 2.75) is 13.0 Å². The third-order valence-corrected chi connectivity index (χ3v) is 2.39. The molecule has 1 aromatic carbocycles. The fraction of sp³-hybridized carbons (Fsp3) is 0.222. The van der Waals surface area contributed by atoms with E-state index in [-0.39, 0.29) is 11.6 Å². The van der Waals surface area contributed by atoms with Gasteiger partial charge < -0.3 is 15.6 Å². The Bertz CT molecular complexity index is 336. The lowest BCUT2D eigenvalue weighted by Crippen LogP contribution is -2.22. The summed E-state index contributed by atoms with van der Waals surface area (Å²) in [6.07, 6.45) is 0. The zero-order chi connectivity index (χ0) is 10.0. The zero-order valence-electron chi connectivity index (χ0n) is 7.08. The van der Waals surface area contributed by atoms with Crippen LogP contribution in [0.4, 0.5) is 0 Å². The van der Waals surface area contributed by atoms with E-state index in [1.807, 2.05) is 6.92 Å². The van der Waals surface area contributed by atoms with Crippen LogP contribution in [0.5, 0.6) is 0 Å². The van der Waals surface area contributed by atoms with Gasteiger partial charge in [-0.2, -0.15) is 0 Å². The van der Waals surface area contributed by atoms with Crippen LogP contribution in [0.1, 0.15) is 28.9 Å². The van der Waals surface area contributed by atoms with Gasteiger partial charge in [0.25, 0.3) is 0 Å². The number of carboxylic acids is 1. The van der Waals surface area contributed by atoms with Crippen molar-refractivity contribution in [2.75, 3.05) is 0 Å². The Hall–Kier alpha value is -0.870. The van der Waals surface area contributed by atoms with E-state index < -0.39 is 5.97 Å². The van der Waals surface area contributed by atoms with E-state index in [0.29, 0.717) is 4.47 Å². The summed E-state index contributed by atoms with van der Waals surface area (Å²) in [6, 6.07) is 4.75. The SMILES string of the molecule is CC(N)c1ccc(C(=O)[O-])c(Br)c1. The number of carbonyl (C=O) groups excluding carboxylic acids is 1. The summed E-state index contributed by atoms with van der Waals surface area (Å²) < 4.78 is 0.502. The number of rotatable bonds is 2. The average molecular weight is 243 g/mol. The largest absolute Gasteiger partial charge is 0.545 e. The minimum atomic E-state index is -1.19. The van der Waals surface area contributed by atoms with Crippen LogP contribution in [-0.4, -0.2) is 5.97 Å². The molecule has 1 aromatic rings. The molecule has 1 rings (SSSR count). The van der Waals surface area contributed by atoms with Crippen LogP contribution in [0.2, 0.25) is 0 Å². The second kappa shape index (κ2) is 3.89. The second-order valence-corrected chi connectivity index (χ2v) is 3.67. The van der Waals surface area contributed by atoms with Crippen molar-refractivity contribution < 1.29 is 9.90 Å². The van der Waals surface area contributed by atoms with Crippen LogP contribution >= 0.6 is 15.9 Å². The number of halogens is 1. The molecule has 0 radical (unpaired) electrons. The zero-order valence-corrected chi connectivity index (χ0v) is 8.67. The summed E-state index contributed by atoms with van der Waals surface area (Å²) in [5.41, 5.74) is 6.65. The van der Waals surface area contributed by atoms with E-state index in [2.05, 4.69) is 15.9 Å². The van der Waals surface area contributed by atoms with Crippen molar-refractivity contribution in [3.05, 3.63) is 33.8 Å². The highest BCUT2D eigenvalue weighted by Gasteiger charge is 2.04. The van der Waals surface area contributed by atoms with Gasteiger partial charge in [0.05, 0.1) is 5.97 Å². The highest BCUT2D eigenvalue weighted by Crippen LogP contribution is 2.20. The quantitative estimate of drug-likeness (QED) is 0.836. The number of aromatic carboxylic acids is 1. The highest BCUT2D eigenvalue weighted by molar-refractivity contribution is 9.10. The summed E-state index contributed by atoms with van der Waals surface area (Å²) in [5.74, 6) is -1.19. The minimum Gasteiger partial charge on any atom is -0.545 e. The molecule has 2 N–H and O–H groups in total. The number of nitrogens with two attached hydrogens (primary N) is 1. The van der Waals surface area contributed by atoms with Crippen LogP contribution in [0.3, 0.4) is 0 Å². The van der Waals surface area contributed by atoms with E-state index in [1.165, 1.54) is 6.07 Å². The first-order valence-corrected chi connectivity index (χ1v) is 4.58. The molecule has 0 heterocycles. The molecule has 0 saturated heterocycles. The Morgan fingerprint density at radius 3 is 2.62 bits per heavy atom. The van der Waals surface area contributed by atoms with Gasteiger partial charge in [0.2, 0.25) is 0 Å². The van der Waals surface area contributed by atoms with Crippen LogP contribution in [-0.2, 0) is 0 Å². The standard InChI is InChI=1S/C9H10BrNO2/c1-5(11)6-2-3-7(9(12)13)8(10)4-6/h2-5H,11H2,1H3,(H,12,13)/p-1. The van der Waals surface area contributed by atoms with Crippen molar-refractivity contribution in [3.63, 3.8) is 0 Å². The molecule has 0 bridgehead atoms. The number of benzene rings is 1. The van der Waals surface area contributed by atoms with Crippen LogP contribution in [0.15, 0.2) is 22.7 Å². The summed E-state index contributed by atoms with van der Waals surface area (Å²) in [7, 11) is 0. The average Bonchev–Trinajstić information content (AvgIpc) is 2.03. The van der Waals surface area contributed by atoms with Crippen molar-refractivity contribution in [2.24, 2.45) is 5.73 Å². The van der Waals surface area contributed by atoms with Gasteiger partial charge in [-0.1, -0.05) is 28.1 Å². The first-order chi connectivity index (χ1) is 6.02. The van der Waals surface area contributed by atoms with Gasteiger partial charge in [0.1, 0.15) is 0 Å². The third-order valence-electron chi connectivity index (χ3n) is 1.74. The summed E-state index contributed by atoms with van der Waals surface area (Å²) in [6.45, 7) is 1.83. The molecule has 0 aliphatic heterocycles. The number of hydrogen-bond acceptors (Lipinski definition) is 3. The Morgan fingerprint density at radius 1 is 1.62 bits per heavy atom. The van der Waals surface area contributed by atoms with Gasteiger partial charge in [-0.05, 0) is 18.6 Å². The van der Waals surface area contributed by atoms with Crippen LogP contribution < -0.4 is 10.8 Å². The summed E-state index contributed by atoms with van der Waals surface area (Å²) >= 11 is 3.14. The smallest absolute Gasteiger partial charge is 0.0726 e. The van der Waals surface area contributed by atoms with Gasteiger partial charge in [-0.3, -0.25) is 0 Å². The molecule has 0 saturated carbocycles. The van der Waals surface area contributed by atoms with Gasteiger partial charge in [-0.15, -0.1) is 0 Å². The maximum Gasteiger partial charge on any atom is 0.0726 e. The minimum absolute atomic E-state index is 0.105. The maximum atomic E-state index is 10.5. The molecular weight excluding hydrogens is 234 g/mol. The lowest BCUT2D eigenvalue weighted by Gasteiger charge is -2.09. The summed E-state index contributed by atoms with van der Waals surface area (Å²) in [4.78, 5) is 10.5. The van der Waals surface area contributed by atoms with Crippen molar-refractivity contribution >= 4 is 21.9 Å². The summed E-state index contributed by atoms with van der Waals surface area (Å²) in [5, 5.41) is 10.5. The molecule has 0 aromatic heterocycles. The fourth-order valence-corrected chi connectivity index (χ4v) is 1.54. The van der Waals surface area contributed by atoms with E-state index >= 15 is 0 Å². The molecule has 0 aliphatic rings. The normalized spacial score (nSPS) is 12.5. The van der Waals surface area contributed by atoms with Gasteiger partial charge in [-0.25, -0.2) is 0 Å². The van der Waals surface area contributed by atoms with Gasteiger partial charge >= 0.3 is 0 Å². The van der Waals surface area contributed by atoms with E-state index in [9.17, 15) is 9.90 Å². The van der Waals surface area contributed by atoms with E-state index in [1.54, 1.807) is 12.1 Å². The fourth-order valence-electron chi connectivity index (χ4n) is 0.980.